The van der Waals surface area contributed by atoms with Gasteiger partial charge in [-0.25, -0.2) is 17.9 Å². The zero-order chi connectivity index (χ0) is 15.3. The molecule has 1 aromatic rings. The van der Waals surface area contributed by atoms with Crippen molar-refractivity contribution in [3.05, 3.63) is 11.4 Å². The van der Waals surface area contributed by atoms with Crippen LogP contribution in [0.25, 0.3) is 0 Å². The summed E-state index contributed by atoms with van der Waals surface area (Å²) in [6, 6.07) is 0. The van der Waals surface area contributed by atoms with Crippen LogP contribution in [0.1, 0.15) is 16.2 Å². The van der Waals surface area contributed by atoms with Gasteiger partial charge in [0.1, 0.15) is 9.84 Å². The third kappa shape index (κ3) is 4.30. The van der Waals surface area contributed by atoms with Crippen molar-refractivity contribution in [1.29, 1.82) is 0 Å². The summed E-state index contributed by atoms with van der Waals surface area (Å²) in [6.07, 6.45) is 0.822. The molecule has 0 N–H and O–H groups in total. The first-order chi connectivity index (χ1) is 9.28. The molecule has 0 bridgehead atoms. The van der Waals surface area contributed by atoms with E-state index in [9.17, 15) is 18.0 Å². The number of nitrogens with zero attached hydrogens (tertiary/aromatic N) is 3. The van der Waals surface area contributed by atoms with Crippen molar-refractivity contribution in [2.75, 3.05) is 26.2 Å². The van der Waals surface area contributed by atoms with Crippen LogP contribution in [0.4, 0.5) is 0 Å². The average Bonchev–Trinajstić information content (AvgIpc) is 2.77. The summed E-state index contributed by atoms with van der Waals surface area (Å²) in [7, 11) is -0.845. The summed E-state index contributed by atoms with van der Waals surface area (Å²) in [4.78, 5) is 22.8. The molecule has 0 saturated carbocycles. The van der Waals surface area contributed by atoms with Crippen LogP contribution in [-0.2, 0) is 37.1 Å². The van der Waals surface area contributed by atoms with Crippen molar-refractivity contribution < 1.29 is 27.5 Å². The largest absolute Gasteiger partial charge is 0.469 e. The van der Waals surface area contributed by atoms with Crippen LogP contribution in [0.15, 0.2) is 0 Å². The van der Waals surface area contributed by atoms with Gasteiger partial charge in [0.15, 0.2) is 5.69 Å². The standard InChI is InChI=1S/C10H15N3O6S/c1-18-8(14)6-7-9(10(15)19-2)11-12-13(7)4-5-20(3,16)17/h4-6H2,1-3H3. The summed E-state index contributed by atoms with van der Waals surface area (Å²) in [5.74, 6) is -1.54. The Morgan fingerprint density at radius 2 is 1.90 bits per heavy atom. The van der Waals surface area contributed by atoms with Crippen LogP contribution in [0.5, 0.6) is 0 Å². The van der Waals surface area contributed by atoms with Gasteiger partial charge in [0, 0.05) is 6.26 Å². The number of sulfone groups is 1. The molecule has 0 amide bonds. The normalized spacial score (nSPS) is 11.2. The van der Waals surface area contributed by atoms with E-state index in [-0.39, 0.29) is 30.1 Å². The van der Waals surface area contributed by atoms with Gasteiger partial charge in [0.05, 0.1) is 38.6 Å². The molecular weight excluding hydrogens is 290 g/mol. The van der Waals surface area contributed by atoms with Gasteiger partial charge in [-0.05, 0) is 0 Å². The van der Waals surface area contributed by atoms with E-state index in [0.717, 1.165) is 6.26 Å². The molecule has 1 aromatic heterocycles. The Morgan fingerprint density at radius 1 is 1.25 bits per heavy atom. The minimum atomic E-state index is -3.21. The molecule has 0 aliphatic heterocycles. The first-order valence-corrected chi connectivity index (χ1v) is 7.59. The molecule has 112 valence electrons. The molecule has 0 saturated heterocycles. The fourth-order valence-corrected chi connectivity index (χ4v) is 1.91. The summed E-state index contributed by atoms with van der Waals surface area (Å²) in [6.45, 7) is -0.0187. The maximum atomic E-state index is 11.5. The number of aryl methyl sites for hydroxylation is 1. The van der Waals surface area contributed by atoms with E-state index in [1.165, 1.54) is 18.9 Å². The van der Waals surface area contributed by atoms with Gasteiger partial charge in [0.2, 0.25) is 0 Å². The van der Waals surface area contributed by atoms with E-state index in [1.807, 2.05) is 0 Å². The van der Waals surface area contributed by atoms with Crippen LogP contribution in [0.3, 0.4) is 0 Å². The number of aromatic nitrogens is 3. The maximum Gasteiger partial charge on any atom is 0.360 e. The number of hydrogen-bond acceptors (Lipinski definition) is 8. The highest BCUT2D eigenvalue weighted by Crippen LogP contribution is 2.09. The van der Waals surface area contributed by atoms with E-state index in [0.29, 0.717) is 0 Å². The smallest absolute Gasteiger partial charge is 0.360 e. The molecule has 1 rings (SSSR count). The van der Waals surface area contributed by atoms with Gasteiger partial charge in [-0.1, -0.05) is 5.21 Å². The van der Waals surface area contributed by atoms with Gasteiger partial charge >= 0.3 is 11.9 Å². The molecule has 0 radical (unpaired) electrons. The summed E-state index contributed by atoms with van der Waals surface area (Å²) >= 11 is 0. The first kappa shape index (κ1) is 16.1. The van der Waals surface area contributed by atoms with Crippen molar-refractivity contribution in [2.24, 2.45) is 0 Å². The Labute approximate surface area is 115 Å². The second-order valence-corrected chi connectivity index (χ2v) is 6.24. The molecular formula is C10H15N3O6S. The molecule has 1 heterocycles. The lowest BCUT2D eigenvalue weighted by Crippen LogP contribution is -2.18. The first-order valence-electron chi connectivity index (χ1n) is 5.53. The molecule has 10 heteroatoms. The summed E-state index contributed by atoms with van der Waals surface area (Å²) < 4.78 is 32.5. The molecule has 0 aromatic carbocycles. The maximum absolute atomic E-state index is 11.5. The number of carbonyl (C=O) groups excluding carboxylic acids is 2. The molecule has 0 unspecified atom stereocenters. The van der Waals surface area contributed by atoms with E-state index in [1.54, 1.807) is 0 Å². The minimum absolute atomic E-state index is 0.0187. The quantitative estimate of drug-likeness (QED) is 0.603. The van der Waals surface area contributed by atoms with Crippen LogP contribution >= 0.6 is 0 Å². The van der Waals surface area contributed by atoms with Gasteiger partial charge in [-0.2, -0.15) is 0 Å². The number of ether oxygens (including phenoxy) is 2. The monoisotopic (exact) mass is 305 g/mol. The highest BCUT2D eigenvalue weighted by molar-refractivity contribution is 7.90. The highest BCUT2D eigenvalue weighted by atomic mass is 32.2. The van der Waals surface area contributed by atoms with Crippen LogP contribution in [0, 0.1) is 0 Å². The van der Waals surface area contributed by atoms with Crippen LogP contribution in [-0.4, -0.2) is 61.6 Å². The molecule has 0 aliphatic rings. The molecule has 20 heavy (non-hydrogen) atoms. The predicted octanol–water partition coefficient (Wildman–Crippen LogP) is -1.18. The van der Waals surface area contributed by atoms with E-state index in [2.05, 4.69) is 19.8 Å². The number of rotatable bonds is 6. The Hall–Kier alpha value is -1.97. The number of esters is 2. The average molecular weight is 305 g/mol. The van der Waals surface area contributed by atoms with Crippen LogP contribution in [0.2, 0.25) is 0 Å². The van der Waals surface area contributed by atoms with Crippen molar-refractivity contribution in [2.45, 2.75) is 13.0 Å². The Bertz CT molecular complexity index is 607. The number of hydrogen-bond donors (Lipinski definition) is 0. The summed E-state index contributed by atoms with van der Waals surface area (Å²) in [5.41, 5.74) is 0.0266. The Kier molecular flexibility index (Phi) is 5.19. The van der Waals surface area contributed by atoms with Crippen molar-refractivity contribution in [3.63, 3.8) is 0 Å². The number of carbonyl (C=O) groups is 2. The minimum Gasteiger partial charge on any atom is -0.469 e. The fourth-order valence-electron chi connectivity index (χ4n) is 1.40. The van der Waals surface area contributed by atoms with Gasteiger partial charge in [0.25, 0.3) is 0 Å². The van der Waals surface area contributed by atoms with E-state index < -0.39 is 21.8 Å². The van der Waals surface area contributed by atoms with Gasteiger partial charge < -0.3 is 9.47 Å². The van der Waals surface area contributed by atoms with Crippen molar-refractivity contribution >= 4 is 21.8 Å². The molecule has 9 nitrogen and oxygen atoms in total. The SMILES string of the molecule is COC(=O)Cc1c(C(=O)OC)nnn1CCS(C)(=O)=O. The number of methoxy groups -OCH3 is 2. The zero-order valence-electron chi connectivity index (χ0n) is 11.3. The van der Waals surface area contributed by atoms with Gasteiger partial charge in [-0.3, -0.25) is 4.79 Å². The third-order valence-corrected chi connectivity index (χ3v) is 3.35. The Morgan fingerprint density at radius 3 is 2.40 bits per heavy atom. The predicted molar refractivity (Wildman–Crippen MR) is 66.8 cm³/mol. The van der Waals surface area contributed by atoms with Crippen molar-refractivity contribution in [1.82, 2.24) is 15.0 Å². The second-order valence-electron chi connectivity index (χ2n) is 3.98. The topological polar surface area (TPSA) is 117 Å². The molecule has 0 atom stereocenters. The van der Waals surface area contributed by atoms with Crippen molar-refractivity contribution in [3.8, 4) is 0 Å². The fraction of sp³-hybridized carbons (Fsp3) is 0.600. The van der Waals surface area contributed by atoms with Crippen LogP contribution < -0.4 is 0 Å². The molecule has 0 fully saturated rings. The Balaban J connectivity index is 3.07. The third-order valence-electron chi connectivity index (χ3n) is 2.43. The second kappa shape index (κ2) is 6.46. The molecule has 0 aliphatic carbocycles. The zero-order valence-corrected chi connectivity index (χ0v) is 12.1. The lowest BCUT2D eigenvalue weighted by atomic mass is 10.2. The summed E-state index contributed by atoms with van der Waals surface area (Å²) in [5, 5.41) is 7.28. The van der Waals surface area contributed by atoms with Gasteiger partial charge in [-0.15, -0.1) is 5.10 Å². The molecule has 0 spiro atoms. The highest BCUT2D eigenvalue weighted by Gasteiger charge is 2.23. The van der Waals surface area contributed by atoms with E-state index >= 15 is 0 Å². The van der Waals surface area contributed by atoms with E-state index in [4.69, 9.17) is 0 Å². The lowest BCUT2D eigenvalue weighted by molar-refractivity contribution is -0.139. The lowest BCUT2D eigenvalue weighted by Gasteiger charge is -2.06.